The SMILES string of the molecule is C/C(Cc1ccccc1O)=N\O. The van der Waals surface area contributed by atoms with Gasteiger partial charge < -0.3 is 10.3 Å². The van der Waals surface area contributed by atoms with Gasteiger partial charge in [0.05, 0.1) is 5.71 Å². The molecule has 2 N–H and O–H groups in total. The number of rotatable bonds is 2. The highest BCUT2D eigenvalue weighted by molar-refractivity contribution is 5.84. The van der Waals surface area contributed by atoms with Gasteiger partial charge in [-0.3, -0.25) is 0 Å². The molecule has 0 fully saturated rings. The van der Waals surface area contributed by atoms with Gasteiger partial charge in [0.15, 0.2) is 0 Å². The molecule has 0 atom stereocenters. The monoisotopic (exact) mass is 165 g/mol. The van der Waals surface area contributed by atoms with Crippen molar-refractivity contribution in [3.05, 3.63) is 29.8 Å². The Balaban J connectivity index is 2.82. The van der Waals surface area contributed by atoms with E-state index < -0.39 is 0 Å². The fraction of sp³-hybridized carbons (Fsp3) is 0.222. The summed E-state index contributed by atoms with van der Waals surface area (Å²) in [5.41, 5.74) is 1.35. The maximum Gasteiger partial charge on any atom is 0.119 e. The summed E-state index contributed by atoms with van der Waals surface area (Å²) in [5, 5.41) is 20.7. The van der Waals surface area contributed by atoms with E-state index in [0.29, 0.717) is 12.1 Å². The van der Waals surface area contributed by atoms with Crippen molar-refractivity contribution >= 4 is 5.71 Å². The van der Waals surface area contributed by atoms with Crippen LogP contribution in [0.4, 0.5) is 0 Å². The zero-order valence-electron chi connectivity index (χ0n) is 6.86. The van der Waals surface area contributed by atoms with Gasteiger partial charge in [-0.05, 0) is 18.6 Å². The number of hydrogen-bond acceptors (Lipinski definition) is 3. The van der Waals surface area contributed by atoms with E-state index in [2.05, 4.69) is 5.16 Å². The number of hydrogen-bond donors (Lipinski definition) is 2. The summed E-state index contributed by atoms with van der Waals surface area (Å²) in [7, 11) is 0. The summed E-state index contributed by atoms with van der Waals surface area (Å²) in [4.78, 5) is 0. The highest BCUT2D eigenvalue weighted by Crippen LogP contribution is 2.16. The van der Waals surface area contributed by atoms with Crippen molar-refractivity contribution in [1.29, 1.82) is 0 Å². The molecule has 12 heavy (non-hydrogen) atoms. The zero-order chi connectivity index (χ0) is 8.97. The van der Waals surface area contributed by atoms with Crippen LogP contribution < -0.4 is 0 Å². The van der Waals surface area contributed by atoms with Gasteiger partial charge in [0, 0.05) is 6.42 Å². The van der Waals surface area contributed by atoms with E-state index in [-0.39, 0.29) is 5.75 Å². The van der Waals surface area contributed by atoms with Crippen LogP contribution in [0.5, 0.6) is 5.75 Å². The second-order valence-electron chi connectivity index (χ2n) is 2.64. The molecule has 1 rings (SSSR count). The molecule has 3 heteroatoms. The van der Waals surface area contributed by atoms with Gasteiger partial charge in [0.2, 0.25) is 0 Å². The Hall–Kier alpha value is -1.51. The third-order valence-electron chi connectivity index (χ3n) is 1.61. The van der Waals surface area contributed by atoms with E-state index in [9.17, 15) is 5.11 Å². The van der Waals surface area contributed by atoms with Crippen molar-refractivity contribution in [3.63, 3.8) is 0 Å². The average molecular weight is 165 g/mol. The Morgan fingerprint density at radius 3 is 2.67 bits per heavy atom. The summed E-state index contributed by atoms with van der Waals surface area (Å²) in [6, 6.07) is 6.99. The number of aromatic hydroxyl groups is 1. The molecule has 0 saturated heterocycles. The summed E-state index contributed by atoms with van der Waals surface area (Å²) >= 11 is 0. The standard InChI is InChI=1S/C9H11NO2/c1-7(10-12)6-8-4-2-3-5-9(8)11/h2-5,11-12H,6H2,1H3/b10-7+. The molecule has 3 nitrogen and oxygen atoms in total. The van der Waals surface area contributed by atoms with Crippen LogP contribution >= 0.6 is 0 Å². The highest BCUT2D eigenvalue weighted by atomic mass is 16.4. The van der Waals surface area contributed by atoms with Crippen LogP contribution in [-0.4, -0.2) is 16.0 Å². The van der Waals surface area contributed by atoms with Gasteiger partial charge in [-0.2, -0.15) is 0 Å². The van der Waals surface area contributed by atoms with Gasteiger partial charge >= 0.3 is 0 Å². The van der Waals surface area contributed by atoms with Gasteiger partial charge in [0.1, 0.15) is 5.75 Å². The largest absolute Gasteiger partial charge is 0.508 e. The maximum atomic E-state index is 9.32. The molecule has 64 valence electrons. The second kappa shape index (κ2) is 3.76. The second-order valence-corrected chi connectivity index (χ2v) is 2.64. The summed E-state index contributed by atoms with van der Waals surface area (Å²) < 4.78 is 0. The summed E-state index contributed by atoms with van der Waals surface area (Å²) in [5.74, 6) is 0.237. The lowest BCUT2D eigenvalue weighted by Crippen LogP contribution is -1.97. The molecule has 0 saturated carbocycles. The number of nitrogens with zero attached hydrogens (tertiary/aromatic N) is 1. The van der Waals surface area contributed by atoms with Crippen LogP contribution in [0.2, 0.25) is 0 Å². The number of benzene rings is 1. The molecule has 0 aliphatic carbocycles. The zero-order valence-corrected chi connectivity index (χ0v) is 6.86. The fourth-order valence-electron chi connectivity index (χ4n) is 0.971. The third-order valence-corrected chi connectivity index (χ3v) is 1.61. The van der Waals surface area contributed by atoms with Crippen LogP contribution in [0.15, 0.2) is 29.4 Å². The fourth-order valence-corrected chi connectivity index (χ4v) is 0.971. The topological polar surface area (TPSA) is 52.8 Å². The molecule has 0 radical (unpaired) electrons. The predicted octanol–water partition coefficient (Wildman–Crippen LogP) is 1.78. The van der Waals surface area contributed by atoms with Crippen molar-refractivity contribution in [2.24, 2.45) is 5.16 Å². The van der Waals surface area contributed by atoms with E-state index in [1.54, 1.807) is 25.1 Å². The van der Waals surface area contributed by atoms with Gasteiger partial charge in [0.25, 0.3) is 0 Å². The first kappa shape index (κ1) is 8.59. The van der Waals surface area contributed by atoms with E-state index in [4.69, 9.17) is 5.21 Å². The Bertz CT molecular complexity index is 294. The molecule has 0 aromatic heterocycles. The molecule has 0 bridgehead atoms. The van der Waals surface area contributed by atoms with Crippen LogP contribution in [0.25, 0.3) is 0 Å². The number of para-hydroxylation sites is 1. The molecule has 0 amide bonds. The van der Waals surface area contributed by atoms with Gasteiger partial charge in [-0.1, -0.05) is 23.4 Å². The van der Waals surface area contributed by atoms with Crippen LogP contribution in [-0.2, 0) is 6.42 Å². The molecular weight excluding hydrogens is 154 g/mol. The van der Waals surface area contributed by atoms with E-state index in [1.807, 2.05) is 6.07 Å². The minimum Gasteiger partial charge on any atom is -0.508 e. The van der Waals surface area contributed by atoms with Crippen molar-refractivity contribution in [2.75, 3.05) is 0 Å². The van der Waals surface area contributed by atoms with Crippen molar-refractivity contribution in [2.45, 2.75) is 13.3 Å². The quantitative estimate of drug-likeness (QED) is 0.398. The minimum absolute atomic E-state index is 0.237. The first-order chi connectivity index (χ1) is 5.74. The smallest absolute Gasteiger partial charge is 0.119 e. The number of phenols is 1. The van der Waals surface area contributed by atoms with Crippen molar-refractivity contribution in [3.8, 4) is 5.75 Å². The highest BCUT2D eigenvalue weighted by Gasteiger charge is 2.00. The molecule has 0 aliphatic heterocycles. The molecule has 0 spiro atoms. The van der Waals surface area contributed by atoms with Crippen LogP contribution in [0.3, 0.4) is 0 Å². The lowest BCUT2D eigenvalue weighted by Gasteiger charge is -2.01. The predicted molar refractivity (Wildman–Crippen MR) is 46.7 cm³/mol. The first-order valence-electron chi connectivity index (χ1n) is 3.68. The van der Waals surface area contributed by atoms with E-state index >= 15 is 0 Å². The Labute approximate surface area is 71.0 Å². The molecule has 0 aliphatic rings. The van der Waals surface area contributed by atoms with Crippen molar-refractivity contribution in [1.82, 2.24) is 0 Å². The molecular formula is C9H11NO2. The lowest BCUT2D eigenvalue weighted by molar-refractivity contribution is 0.317. The molecule has 1 aromatic rings. The number of oxime groups is 1. The van der Waals surface area contributed by atoms with E-state index in [0.717, 1.165) is 5.56 Å². The molecule has 0 unspecified atom stereocenters. The Kier molecular flexibility index (Phi) is 2.69. The van der Waals surface area contributed by atoms with Crippen molar-refractivity contribution < 1.29 is 10.3 Å². The Morgan fingerprint density at radius 1 is 1.42 bits per heavy atom. The minimum atomic E-state index is 0.237. The normalized spacial score (nSPS) is 11.6. The summed E-state index contributed by atoms with van der Waals surface area (Å²) in [6.45, 7) is 1.70. The number of phenolic OH excluding ortho intramolecular Hbond substituents is 1. The third kappa shape index (κ3) is 1.99. The maximum absolute atomic E-state index is 9.32. The van der Waals surface area contributed by atoms with Crippen LogP contribution in [0.1, 0.15) is 12.5 Å². The molecule has 0 heterocycles. The Morgan fingerprint density at radius 2 is 2.08 bits per heavy atom. The first-order valence-corrected chi connectivity index (χ1v) is 3.68. The summed E-state index contributed by atoms with van der Waals surface area (Å²) in [6.07, 6.45) is 0.475. The van der Waals surface area contributed by atoms with Gasteiger partial charge in [-0.15, -0.1) is 0 Å². The average Bonchev–Trinajstić information content (AvgIpc) is 2.09. The van der Waals surface area contributed by atoms with Gasteiger partial charge in [-0.25, -0.2) is 0 Å². The van der Waals surface area contributed by atoms with E-state index in [1.165, 1.54) is 0 Å². The lowest BCUT2D eigenvalue weighted by atomic mass is 10.1. The molecule has 1 aromatic carbocycles. The van der Waals surface area contributed by atoms with Crippen LogP contribution in [0, 0.1) is 0 Å².